The molecule has 0 spiro atoms. The minimum atomic E-state index is -0.788. The first kappa shape index (κ1) is 53.3. The number of allylic oxidation sites excluding steroid dienone is 4. The van der Waals surface area contributed by atoms with Crippen molar-refractivity contribution in [3.05, 3.63) is 24.3 Å². The number of unbranched alkanes of at least 4 members (excludes halogenated alkanes) is 27. The number of esters is 1. The van der Waals surface area contributed by atoms with Crippen LogP contribution in [0.5, 0.6) is 0 Å². The van der Waals surface area contributed by atoms with Gasteiger partial charge in [-0.2, -0.15) is 0 Å². The molecule has 1 amide bonds. The Balaban J connectivity index is 4.61. The molecular formula is C49H93NO5. The molecule has 55 heavy (non-hydrogen) atoms. The maximum Gasteiger partial charge on any atom is 0.306 e. The molecule has 0 rings (SSSR count). The molecule has 0 radical (unpaired) electrons. The Morgan fingerprint density at radius 1 is 0.509 bits per heavy atom. The Morgan fingerprint density at radius 2 is 0.891 bits per heavy atom. The van der Waals surface area contributed by atoms with Gasteiger partial charge in [0.1, 0.15) is 6.10 Å². The monoisotopic (exact) mass is 776 g/mol. The number of aliphatic hydroxyl groups excluding tert-OH is 2. The number of hydrogen-bond acceptors (Lipinski definition) is 5. The fraction of sp³-hybridized carbons (Fsp3) is 0.878. The van der Waals surface area contributed by atoms with Gasteiger partial charge in [0, 0.05) is 6.42 Å². The van der Waals surface area contributed by atoms with Gasteiger partial charge in [0.25, 0.3) is 0 Å². The molecule has 3 unspecified atom stereocenters. The summed E-state index contributed by atoms with van der Waals surface area (Å²) in [5.74, 6) is -0.493. The van der Waals surface area contributed by atoms with Crippen molar-refractivity contribution in [3.8, 4) is 0 Å². The Kier molecular flexibility index (Phi) is 42.2. The lowest BCUT2D eigenvalue weighted by Crippen LogP contribution is -2.46. The van der Waals surface area contributed by atoms with E-state index in [1.807, 2.05) is 0 Å². The second-order valence-electron chi connectivity index (χ2n) is 16.5. The quantitative estimate of drug-likeness (QED) is 0.0326. The summed E-state index contributed by atoms with van der Waals surface area (Å²) in [4.78, 5) is 26.0. The van der Waals surface area contributed by atoms with Gasteiger partial charge in [-0.3, -0.25) is 9.59 Å². The fourth-order valence-corrected chi connectivity index (χ4v) is 7.29. The van der Waals surface area contributed by atoms with Crippen LogP contribution in [-0.2, 0) is 14.3 Å². The summed E-state index contributed by atoms with van der Waals surface area (Å²) >= 11 is 0. The van der Waals surface area contributed by atoms with Gasteiger partial charge >= 0.3 is 5.97 Å². The zero-order chi connectivity index (χ0) is 40.3. The van der Waals surface area contributed by atoms with E-state index in [2.05, 4.69) is 50.4 Å². The average molecular weight is 776 g/mol. The third-order valence-corrected chi connectivity index (χ3v) is 11.0. The average Bonchev–Trinajstić information content (AvgIpc) is 3.18. The lowest BCUT2D eigenvalue weighted by atomic mass is 10.0. The van der Waals surface area contributed by atoms with Crippen LogP contribution in [0.3, 0.4) is 0 Å². The van der Waals surface area contributed by atoms with Crippen LogP contribution in [0.4, 0.5) is 0 Å². The summed E-state index contributed by atoms with van der Waals surface area (Å²) in [7, 11) is 0. The first-order chi connectivity index (χ1) is 27.0. The lowest BCUT2D eigenvalue weighted by Gasteiger charge is -2.24. The number of hydrogen-bond donors (Lipinski definition) is 3. The summed E-state index contributed by atoms with van der Waals surface area (Å²) in [6, 6.07) is -0.702. The minimum absolute atomic E-state index is 0.0670. The van der Waals surface area contributed by atoms with E-state index in [1.54, 1.807) is 0 Å². The summed E-state index contributed by atoms with van der Waals surface area (Å²) in [6.07, 6.45) is 48.0. The van der Waals surface area contributed by atoms with Gasteiger partial charge in [-0.05, 0) is 70.6 Å². The molecule has 0 fully saturated rings. The number of carbonyl (C=O) groups excluding carboxylic acids is 2. The van der Waals surface area contributed by atoms with Crippen LogP contribution in [0, 0.1) is 0 Å². The van der Waals surface area contributed by atoms with Crippen molar-refractivity contribution in [1.82, 2.24) is 5.32 Å². The van der Waals surface area contributed by atoms with Gasteiger partial charge in [-0.1, -0.05) is 193 Å². The van der Waals surface area contributed by atoms with Gasteiger partial charge in [0.05, 0.1) is 25.2 Å². The van der Waals surface area contributed by atoms with Crippen molar-refractivity contribution in [2.24, 2.45) is 0 Å². The van der Waals surface area contributed by atoms with Gasteiger partial charge in [0.15, 0.2) is 0 Å². The largest absolute Gasteiger partial charge is 0.462 e. The third kappa shape index (κ3) is 39.0. The molecule has 3 atom stereocenters. The van der Waals surface area contributed by atoms with Crippen molar-refractivity contribution in [3.63, 3.8) is 0 Å². The topological polar surface area (TPSA) is 95.9 Å². The van der Waals surface area contributed by atoms with E-state index in [0.717, 1.165) is 70.6 Å². The van der Waals surface area contributed by atoms with Gasteiger partial charge in [0.2, 0.25) is 5.91 Å². The third-order valence-electron chi connectivity index (χ3n) is 11.0. The number of ether oxygens (including phenoxy) is 1. The predicted octanol–water partition coefficient (Wildman–Crippen LogP) is 14.0. The Bertz CT molecular complexity index is 873. The second kappa shape index (κ2) is 43.5. The smallest absolute Gasteiger partial charge is 0.306 e. The van der Waals surface area contributed by atoms with Gasteiger partial charge in [-0.25, -0.2) is 0 Å². The summed E-state index contributed by atoms with van der Waals surface area (Å²) < 4.78 is 5.90. The molecule has 324 valence electrons. The molecule has 6 heteroatoms. The molecule has 0 aliphatic carbocycles. The van der Waals surface area contributed by atoms with E-state index in [-0.39, 0.29) is 24.9 Å². The number of rotatable bonds is 43. The molecule has 6 nitrogen and oxygen atoms in total. The van der Waals surface area contributed by atoms with Gasteiger partial charge in [-0.15, -0.1) is 0 Å². The van der Waals surface area contributed by atoms with Crippen LogP contribution in [0.25, 0.3) is 0 Å². The number of nitrogens with one attached hydrogen (secondary N) is 1. The molecule has 0 aliphatic heterocycles. The first-order valence-electron chi connectivity index (χ1n) is 24.1. The van der Waals surface area contributed by atoms with E-state index in [1.165, 1.54) is 135 Å². The summed E-state index contributed by atoms with van der Waals surface area (Å²) in [5, 5.41) is 23.7. The fourth-order valence-electron chi connectivity index (χ4n) is 7.29. The van der Waals surface area contributed by atoms with Gasteiger partial charge < -0.3 is 20.3 Å². The van der Waals surface area contributed by atoms with Crippen molar-refractivity contribution in [2.75, 3.05) is 6.61 Å². The highest BCUT2D eigenvalue weighted by Gasteiger charge is 2.24. The highest BCUT2D eigenvalue weighted by Crippen LogP contribution is 2.17. The van der Waals surface area contributed by atoms with Crippen LogP contribution >= 0.6 is 0 Å². The maximum absolute atomic E-state index is 13.1. The molecule has 0 aliphatic rings. The van der Waals surface area contributed by atoms with E-state index < -0.39 is 18.2 Å². The molecule has 3 N–H and O–H groups in total. The molecule has 0 aromatic heterocycles. The summed E-state index contributed by atoms with van der Waals surface area (Å²) in [5.41, 5.74) is 0. The first-order valence-corrected chi connectivity index (χ1v) is 24.1. The molecule has 0 saturated carbocycles. The minimum Gasteiger partial charge on any atom is -0.462 e. The van der Waals surface area contributed by atoms with E-state index in [4.69, 9.17) is 4.74 Å². The standard InChI is InChI=1S/C49H93NO5/c1-4-7-10-13-16-19-22-23-24-27-28-31-34-37-40-45(55-49(54)42-39-36-33-30-26-21-18-15-12-9-6-3)43-48(53)50-46(44-51)47(52)41-38-35-32-29-25-20-17-14-11-8-5-2/h15,18,24,27,45-47,51-52H,4-14,16-17,19-23,25-26,28-44H2,1-3H3,(H,50,53)/b18-15-,27-24+. The zero-order valence-corrected chi connectivity index (χ0v) is 36.8. The molecule has 0 aromatic rings. The highest BCUT2D eigenvalue weighted by molar-refractivity contribution is 5.77. The summed E-state index contributed by atoms with van der Waals surface area (Å²) in [6.45, 7) is 6.43. The maximum atomic E-state index is 13.1. The Hall–Kier alpha value is -1.66. The SMILES string of the molecule is CCCC/C=C\CCCCCCCC(=O)OC(CCCCC/C=C/CCCCCCCCC)CC(=O)NC(CO)C(O)CCCCCCCCCCCCC. The van der Waals surface area contributed by atoms with Crippen LogP contribution in [0.2, 0.25) is 0 Å². The molecule has 0 aromatic carbocycles. The molecule has 0 saturated heterocycles. The second-order valence-corrected chi connectivity index (χ2v) is 16.5. The van der Waals surface area contributed by atoms with Crippen LogP contribution in [0.15, 0.2) is 24.3 Å². The van der Waals surface area contributed by atoms with E-state index in [0.29, 0.717) is 19.3 Å². The lowest BCUT2D eigenvalue weighted by molar-refractivity contribution is -0.151. The number of amides is 1. The Labute approximate surface area is 341 Å². The van der Waals surface area contributed by atoms with E-state index in [9.17, 15) is 19.8 Å². The zero-order valence-electron chi connectivity index (χ0n) is 36.8. The number of carbonyl (C=O) groups is 2. The van der Waals surface area contributed by atoms with Crippen molar-refractivity contribution in [1.29, 1.82) is 0 Å². The predicted molar refractivity (Wildman–Crippen MR) is 236 cm³/mol. The van der Waals surface area contributed by atoms with Crippen LogP contribution < -0.4 is 5.32 Å². The molecule has 0 bridgehead atoms. The molecule has 0 heterocycles. The normalized spacial score (nSPS) is 13.5. The van der Waals surface area contributed by atoms with Crippen LogP contribution in [0.1, 0.15) is 252 Å². The molecular weight excluding hydrogens is 683 g/mol. The van der Waals surface area contributed by atoms with E-state index >= 15 is 0 Å². The number of aliphatic hydroxyl groups is 2. The highest BCUT2D eigenvalue weighted by atomic mass is 16.5. The van der Waals surface area contributed by atoms with Crippen molar-refractivity contribution >= 4 is 11.9 Å². The van der Waals surface area contributed by atoms with Crippen molar-refractivity contribution < 1.29 is 24.5 Å². The Morgan fingerprint density at radius 3 is 1.36 bits per heavy atom. The van der Waals surface area contributed by atoms with Crippen LogP contribution in [-0.4, -0.2) is 46.9 Å². The van der Waals surface area contributed by atoms with Crippen molar-refractivity contribution in [2.45, 2.75) is 270 Å².